The lowest BCUT2D eigenvalue weighted by Crippen LogP contribution is -2.39. The molecule has 1 aromatic heterocycles. The molecule has 1 saturated carbocycles. The molecule has 18 heavy (non-hydrogen) atoms. The van der Waals surface area contributed by atoms with Gasteiger partial charge in [0.05, 0.1) is 12.5 Å². The lowest BCUT2D eigenvalue weighted by Gasteiger charge is -2.31. The zero-order valence-corrected chi connectivity index (χ0v) is 9.73. The van der Waals surface area contributed by atoms with Crippen LogP contribution in [0.4, 0.5) is 0 Å². The summed E-state index contributed by atoms with van der Waals surface area (Å²) in [4.78, 5) is 38.0. The summed E-state index contributed by atoms with van der Waals surface area (Å²) < 4.78 is 0. The van der Waals surface area contributed by atoms with Crippen molar-refractivity contribution in [2.45, 2.75) is 25.4 Å². The molecule has 98 valence electrons. The average molecular weight is 253 g/mol. The number of hydrogen-bond donors (Lipinski definition) is 4. The number of carbonyl (C=O) groups excluding carboxylic acids is 1. The van der Waals surface area contributed by atoms with E-state index in [1.165, 1.54) is 6.07 Å². The molecule has 2 rings (SSSR count). The molecule has 1 aromatic rings. The lowest BCUT2D eigenvalue weighted by atomic mass is 9.82. The standard InChI is InChI=1S/C11H15N3O4/c15-8-1-6(2-8)5-12-9(16)3-7-4-10(17)14-11(18)13-7/h4,6,8,15H,1-3,5H2,(H,12,16)(H2,13,14,17,18). The summed E-state index contributed by atoms with van der Waals surface area (Å²) >= 11 is 0. The average Bonchev–Trinajstić information content (AvgIpc) is 2.21. The highest BCUT2D eigenvalue weighted by Gasteiger charge is 2.27. The molecule has 0 aliphatic heterocycles. The van der Waals surface area contributed by atoms with Crippen molar-refractivity contribution in [3.63, 3.8) is 0 Å². The predicted molar refractivity (Wildman–Crippen MR) is 63.1 cm³/mol. The normalized spacial score (nSPS) is 22.3. The second kappa shape index (κ2) is 5.18. The van der Waals surface area contributed by atoms with E-state index in [-0.39, 0.29) is 24.1 Å². The molecule has 7 nitrogen and oxygen atoms in total. The Labute approximate surface area is 102 Å². The van der Waals surface area contributed by atoms with Gasteiger partial charge in [-0.25, -0.2) is 4.79 Å². The topological polar surface area (TPSA) is 115 Å². The van der Waals surface area contributed by atoms with E-state index in [0.717, 1.165) is 0 Å². The van der Waals surface area contributed by atoms with Crippen molar-refractivity contribution >= 4 is 5.91 Å². The molecule has 1 aliphatic carbocycles. The minimum Gasteiger partial charge on any atom is -0.393 e. The smallest absolute Gasteiger partial charge is 0.325 e. The predicted octanol–water partition coefficient (Wildman–Crippen LogP) is -1.51. The van der Waals surface area contributed by atoms with Crippen LogP contribution in [0.15, 0.2) is 15.7 Å². The Bertz CT molecular complexity index is 513. The van der Waals surface area contributed by atoms with Gasteiger partial charge in [-0.2, -0.15) is 0 Å². The Hall–Kier alpha value is -1.89. The maximum absolute atomic E-state index is 11.6. The van der Waals surface area contributed by atoms with Crippen LogP contribution in [-0.4, -0.2) is 33.6 Å². The van der Waals surface area contributed by atoms with E-state index in [1.807, 2.05) is 4.98 Å². The van der Waals surface area contributed by atoms with Crippen LogP contribution in [-0.2, 0) is 11.2 Å². The van der Waals surface area contributed by atoms with Crippen LogP contribution in [0.2, 0.25) is 0 Å². The molecular weight excluding hydrogens is 238 g/mol. The van der Waals surface area contributed by atoms with Gasteiger partial charge in [0, 0.05) is 18.3 Å². The van der Waals surface area contributed by atoms with Crippen molar-refractivity contribution in [1.82, 2.24) is 15.3 Å². The number of amides is 1. The molecule has 1 aliphatic rings. The van der Waals surface area contributed by atoms with Crippen LogP contribution in [0.1, 0.15) is 18.5 Å². The van der Waals surface area contributed by atoms with Crippen LogP contribution < -0.4 is 16.6 Å². The third-order valence-corrected chi connectivity index (χ3v) is 2.97. The number of rotatable bonds is 4. The van der Waals surface area contributed by atoms with Crippen molar-refractivity contribution < 1.29 is 9.90 Å². The Morgan fingerprint density at radius 3 is 2.72 bits per heavy atom. The summed E-state index contributed by atoms with van der Waals surface area (Å²) in [6.07, 6.45) is 1.15. The summed E-state index contributed by atoms with van der Waals surface area (Å²) in [7, 11) is 0. The van der Waals surface area contributed by atoms with Crippen LogP contribution >= 0.6 is 0 Å². The van der Waals surface area contributed by atoms with E-state index >= 15 is 0 Å². The van der Waals surface area contributed by atoms with Crippen molar-refractivity contribution in [3.05, 3.63) is 32.6 Å². The van der Waals surface area contributed by atoms with E-state index in [2.05, 4.69) is 10.3 Å². The van der Waals surface area contributed by atoms with Gasteiger partial charge in [-0.15, -0.1) is 0 Å². The number of carbonyl (C=O) groups is 1. The minimum absolute atomic E-state index is 0.0333. The zero-order chi connectivity index (χ0) is 13.1. The molecule has 0 unspecified atom stereocenters. The highest BCUT2D eigenvalue weighted by molar-refractivity contribution is 5.78. The summed E-state index contributed by atoms with van der Waals surface area (Å²) in [6.45, 7) is 0.517. The largest absolute Gasteiger partial charge is 0.393 e. The Morgan fingerprint density at radius 2 is 2.11 bits per heavy atom. The van der Waals surface area contributed by atoms with Crippen molar-refractivity contribution in [1.29, 1.82) is 0 Å². The van der Waals surface area contributed by atoms with E-state index in [1.54, 1.807) is 0 Å². The quantitative estimate of drug-likeness (QED) is 0.522. The number of hydrogen-bond acceptors (Lipinski definition) is 4. The Kier molecular flexibility index (Phi) is 3.61. The molecule has 0 spiro atoms. The first-order chi connectivity index (χ1) is 8.52. The Balaban J connectivity index is 1.83. The second-order valence-electron chi connectivity index (χ2n) is 4.59. The van der Waals surface area contributed by atoms with E-state index < -0.39 is 11.2 Å². The first-order valence-corrected chi connectivity index (χ1v) is 5.80. The molecule has 0 aromatic carbocycles. The third kappa shape index (κ3) is 3.30. The van der Waals surface area contributed by atoms with Gasteiger partial charge in [-0.1, -0.05) is 0 Å². The molecule has 0 radical (unpaired) electrons. The summed E-state index contributed by atoms with van der Waals surface area (Å²) in [5.41, 5.74) is -0.856. The van der Waals surface area contributed by atoms with Gasteiger partial charge >= 0.3 is 5.69 Å². The molecular formula is C11H15N3O4. The number of aliphatic hydroxyl groups excluding tert-OH is 1. The summed E-state index contributed by atoms with van der Waals surface area (Å²) in [5, 5.41) is 11.8. The highest BCUT2D eigenvalue weighted by atomic mass is 16.3. The Morgan fingerprint density at radius 1 is 1.39 bits per heavy atom. The molecule has 1 fully saturated rings. The first kappa shape index (κ1) is 12.6. The number of aromatic amines is 2. The number of H-pyrrole nitrogens is 2. The van der Waals surface area contributed by atoms with Crippen LogP contribution in [0.5, 0.6) is 0 Å². The fourth-order valence-electron chi connectivity index (χ4n) is 1.98. The van der Waals surface area contributed by atoms with E-state index in [9.17, 15) is 14.4 Å². The van der Waals surface area contributed by atoms with Crippen LogP contribution in [0.25, 0.3) is 0 Å². The molecule has 4 N–H and O–H groups in total. The zero-order valence-electron chi connectivity index (χ0n) is 9.73. The van der Waals surface area contributed by atoms with E-state index in [4.69, 9.17) is 5.11 Å². The van der Waals surface area contributed by atoms with Crippen molar-refractivity contribution in [2.75, 3.05) is 6.54 Å². The summed E-state index contributed by atoms with van der Waals surface area (Å²) in [6, 6.07) is 1.19. The van der Waals surface area contributed by atoms with Gasteiger partial charge in [-0.3, -0.25) is 14.6 Å². The van der Waals surface area contributed by atoms with Crippen molar-refractivity contribution in [3.8, 4) is 0 Å². The van der Waals surface area contributed by atoms with Crippen LogP contribution in [0.3, 0.4) is 0 Å². The number of aliphatic hydroxyl groups is 1. The molecule has 0 saturated heterocycles. The molecule has 7 heteroatoms. The van der Waals surface area contributed by atoms with Gasteiger partial charge in [0.25, 0.3) is 5.56 Å². The fourth-order valence-corrected chi connectivity index (χ4v) is 1.98. The van der Waals surface area contributed by atoms with Crippen molar-refractivity contribution in [2.24, 2.45) is 5.92 Å². The van der Waals surface area contributed by atoms with E-state index in [0.29, 0.717) is 25.3 Å². The van der Waals surface area contributed by atoms with Gasteiger partial charge in [0.2, 0.25) is 5.91 Å². The minimum atomic E-state index is -0.618. The first-order valence-electron chi connectivity index (χ1n) is 5.80. The maximum Gasteiger partial charge on any atom is 0.325 e. The van der Waals surface area contributed by atoms with Gasteiger partial charge < -0.3 is 15.4 Å². The fraction of sp³-hybridized carbons (Fsp3) is 0.545. The monoisotopic (exact) mass is 253 g/mol. The van der Waals surface area contributed by atoms with Crippen LogP contribution in [0, 0.1) is 5.92 Å². The number of aromatic nitrogens is 2. The summed E-state index contributed by atoms with van der Waals surface area (Å²) in [5.74, 6) is 0.0693. The van der Waals surface area contributed by atoms with Gasteiger partial charge in [0.1, 0.15) is 0 Å². The molecule has 0 bridgehead atoms. The number of nitrogens with one attached hydrogen (secondary N) is 3. The third-order valence-electron chi connectivity index (χ3n) is 2.97. The lowest BCUT2D eigenvalue weighted by molar-refractivity contribution is -0.121. The highest BCUT2D eigenvalue weighted by Crippen LogP contribution is 2.25. The second-order valence-corrected chi connectivity index (χ2v) is 4.59. The van der Waals surface area contributed by atoms with Gasteiger partial charge in [-0.05, 0) is 18.8 Å². The van der Waals surface area contributed by atoms with Gasteiger partial charge in [0.15, 0.2) is 0 Å². The SMILES string of the molecule is O=C(Cc1cc(=O)[nH]c(=O)[nH]1)NCC1CC(O)C1. The maximum atomic E-state index is 11.6. The molecule has 0 atom stereocenters. The molecule has 1 amide bonds. The molecule has 1 heterocycles.